The molecule has 2 aromatic rings. The highest BCUT2D eigenvalue weighted by Gasteiger charge is 2.18. The SMILES string of the molecule is NNC(CCC1CCCO1)c1ccc2cccnc2c1. The van der Waals surface area contributed by atoms with Gasteiger partial charge in [0.25, 0.3) is 0 Å². The van der Waals surface area contributed by atoms with Crippen molar-refractivity contribution in [1.82, 2.24) is 10.4 Å². The Morgan fingerprint density at radius 1 is 1.40 bits per heavy atom. The molecule has 0 spiro atoms. The number of benzene rings is 1. The van der Waals surface area contributed by atoms with Gasteiger partial charge in [0.1, 0.15) is 0 Å². The summed E-state index contributed by atoms with van der Waals surface area (Å²) in [6.07, 6.45) is 6.63. The summed E-state index contributed by atoms with van der Waals surface area (Å²) in [6.45, 7) is 0.908. The van der Waals surface area contributed by atoms with Gasteiger partial charge in [0, 0.05) is 24.2 Å². The van der Waals surface area contributed by atoms with Crippen molar-refractivity contribution < 1.29 is 4.74 Å². The van der Waals surface area contributed by atoms with E-state index in [1.165, 1.54) is 18.4 Å². The predicted molar refractivity (Wildman–Crippen MR) is 80.0 cm³/mol. The Morgan fingerprint density at radius 2 is 2.35 bits per heavy atom. The Bertz CT molecular complexity index is 566. The summed E-state index contributed by atoms with van der Waals surface area (Å²) in [7, 11) is 0. The minimum atomic E-state index is 0.158. The fourth-order valence-corrected chi connectivity index (χ4v) is 2.87. The Labute approximate surface area is 119 Å². The van der Waals surface area contributed by atoms with E-state index in [4.69, 9.17) is 10.6 Å². The zero-order valence-corrected chi connectivity index (χ0v) is 11.6. The van der Waals surface area contributed by atoms with Crippen LogP contribution in [0.15, 0.2) is 36.5 Å². The lowest BCUT2D eigenvalue weighted by Crippen LogP contribution is -2.28. The van der Waals surface area contributed by atoms with Gasteiger partial charge in [-0.05, 0) is 43.4 Å². The molecule has 2 unspecified atom stereocenters. The summed E-state index contributed by atoms with van der Waals surface area (Å²) < 4.78 is 5.67. The molecule has 1 aliphatic heterocycles. The van der Waals surface area contributed by atoms with Crippen LogP contribution in [-0.4, -0.2) is 17.7 Å². The number of hydrogen-bond donors (Lipinski definition) is 2. The molecule has 106 valence electrons. The minimum Gasteiger partial charge on any atom is -0.378 e. The number of fused-ring (bicyclic) bond motifs is 1. The number of nitrogens with one attached hydrogen (secondary N) is 1. The molecular weight excluding hydrogens is 250 g/mol. The van der Waals surface area contributed by atoms with E-state index in [1.54, 1.807) is 0 Å². The fraction of sp³-hybridized carbons (Fsp3) is 0.438. The Hall–Kier alpha value is -1.49. The summed E-state index contributed by atoms with van der Waals surface area (Å²) in [5, 5.41) is 1.16. The Kier molecular flexibility index (Phi) is 4.25. The predicted octanol–water partition coefficient (Wildman–Crippen LogP) is 2.70. The lowest BCUT2D eigenvalue weighted by molar-refractivity contribution is 0.0996. The van der Waals surface area contributed by atoms with Crippen molar-refractivity contribution in [3.8, 4) is 0 Å². The van der Waals surface area contributed by atoms with Crippen LogP contribution < -0.4 is 11.3 Å². The average molecular weight is 271 g/mol. The molecule has 1 aromatic carbocycles. The van der Waals surface area contributed by atoms with Gasteiger partial charge >= 0.3 is 0 Å². The maximum Gasteiger partial charge on any atom is 0.0705 e. The molecule has 1 aromatic heterocycles. The molecule has 0 radical (unpaired) electrons. The van der Waals surface area contributed by atoms with Gasteiger partial charge in [-0.15, -0.1) is 0 Å². The van der Waals surface area contributed by atoms with Crippen molar-refractivity contribution in [2.45, 2.75) is 37.8 Å². The minimum absolute atomic E-state index is 0.158. The van der Waals surface area contributed by atoms with Crippen molar-refractivity contribution in [1.29, 1.82) is 0 Å². The molecule has 3 rings (SSSR count). The van der Waals surface area contributed by atoms with Crippen LogP contribution in [0.5, 0.6) is 0 Å². The molecule has 1 aliphatic rings. The van der Waals surface area contributed by atoms with Crippen molar-refractivity contribution in [2.24, 2.45) is 5.84 Å². The van der Waals surface area contributed by atoms with Crippen molar-refractivity contribution >= 4 is 10.9 Å². The molecular formula is C16H21N3O. The quantitative estimate of drug-likeness (QED) is 0.648. The number of pyridine rings is 1. The second kappa shape index (κ2) is 6.31. The molecule has 2 heterocycles. The second-order valence-electron chi connectivity index (χ2n) is 5.39. The number of rotatable bonds is 5. The molecule has 0 bridgehead atoms. The smallest absolute Gasteiger partial charge is 0.0705 e. The number of hydrogen-bond acceptors (Lipinski definition) is 4. The summed E-state index contributed by atoms with van der Waals surface area (Å²) in [4.78, 5) is 4.40. The van der Waals surface area contributed by atoms with Gasteiger partial charge in [-0.1, -0.05) is 18.2 Å². The van der Waals surface area contributed by atoms with Crippen LogP contribution >= 0.6 is 0 Å². The lowest BCUT2D eigenvalue weighted by Gasteiger charge is -2.18. The van der Waals surface area contributed by atoms with E-state index in [9.17, 15) is 0 Å². The zero-order valence-electron chi connectivity index (χ0n) is 11.6. The van der Waals surface area contributed by atoms with E-state index < -0.39 is 0 Å². The maximum atomic E-state index is 5.72. The Morgan fingerprint density at radius 3 is 3.15 bits per heavy atom. The van der Waals surface area contributed by atoms with Crippen LogP contribution in [0.1, 0.15) is 37.3 Å². The third kappa shape index (κ3) is 2.98. The molecule has 3 N–H and O–H groups in total. The van der Waals surface area contributed by atoms with E-state index in [0.29, 0.717) is 6.10 Å². The number of aromatic nitrogens is 1. The first-order valence-corrected chi connectivity index (χ1v) is 7.29. The first kappa shape index (κ1) is 13.5. The molecule has 2 atom stereocenters. The third-order valence-electron chi connectivity index (χ3n) is 4.03. The topological polar surface area (TPSA) is 60.2 Å². The second-order valence-corrected chi connectivity index (χ2v) is 5.39. The van der Waals surface area contributed by atoms with Crippen LogP contribution in [0.25, 0.3) is 10.9 Å². The number of ether oxygens (including phenoxy) is 1. The third-order valence-corrected chi connectivity index (χ3v) is 4.03. The molecule has 4 heteroatoms. The van der Waals surface area contributed by atoms with Crippen LogP contribution in [0.4, 0.5) is 0 Å². The van der Waals surface area contributed by atoms with Crippen LogP contribution in [0.3, 0.4) is 0 Å². The summed E-state index contributed by atoms with van der Waals surface area (Å²) in [5.41, 5.74) is 5.13. The standard InChI is InChI=1S/C16H21N3O/c17-19-15(8-7-14-4-2-10-20-14)13-6-5-12-3-1-9-18-16(12)11-13/h1,3,5-6,9,11,14-15,19H,2,4,7-8,10,17H2. The van der Waals surface area contributed by atoms with E-state index in [0.717, 1.165) is 30.4 Å². The fourth-order valence-electron chi connectivity index (χ4n) is 2.87. The Balaban J connectivity index is 1.72. The highest BCUT2D eigenvalue weighted by atomic mass is 16.5. The van der Waals surface area contributed by atoms with E-state index in [-0.39, 0.29) is 6.04 Å². The van der Waals surface area contributed by atoms with Gasteiger partial charge in [-0.2, -0.15) is 0 Å². The molecule has 4 nitrogen and oxygen atoms in total. The molecule has 0 aliphatic carbocycles. The molecule has 20 heavy (non-hydrogen) atoms. The zero-order chi connectivity index (χ0) is 13.8. The average Bonchev–Trinajstić information content (AvgIpc) is 3.01. The van der Waals surface area contributed by atoms with Gasteiger partial charge in [-0.3, -0.25) is 16.3 Å². The van der Waals surface area contributed by atoms with Gasteiger partial charge in [0.15, 0.2) is 0 Å². The number of nitrogens with zero attached hydrogens (tertiary/aromatic N) is 1. The normalized spacial score (nSPS) is 20.4. The molecule has 1 fully saturated rings. The largest absolute Gasteiger partial charge is 0.378 e. The first-order chi connectivity index (χ1) is 9.86. The van der Waals surface area contributed by atoms with Crippen LogP contribution in [0.2, 0.25) is 0 Å². The lowest BCUT2D eigenvalue weighted by atomic mass is 9.98. The molecule has 1 saturated heterocycles. The van der Waals surface area contributed by atoms with Crippen LogP contribution in [0, 0.1) is 0 Å². The van der Waals surface area contributed by atoms with E-state index in [2.05, 4.69) is 34.7 Å². The first-order valence-electron chi connectivity index (χ1n) is 7.29. The van der Waals surface area contributed by atoms with Gasteiger partial charge in [-0.25, -0.2) is 0 Å². The monoisotopic (exact) mass is 271 g/mol. The maximum absolute atomic E-state index is 5.72. The van der Waals surface area contributed by atoms with Crippen molar-refractivity contribution in [3.05, 3.63) is 42.1 Å². The summed E-state index contributed by atoms with van der Waals surface area (Å²) in [5.74, 6) is 5.72. The summed E-state index contributed by atoms with van der Waals surface area (Å²) in [6, 6.07) is 10.5. The highest BCUT2D eigenvalue weighted by Crippen LogP contribution is 2.25. The van der Waals surface area contributed by atoms with Crippen LogP contribution in [-0.2, 0) is 4.74 Å². The van der Waals surface area contributed by atoms with Gasteiger partial charge < -0.3 is 4.74 Å². The van der Waals surface area contributed by atoms with Gasteiger partial charge in [0.2, 0.25) is 0 Å². The molecule has 0 amide bonds. The number of nitrogens with two attached hydrogens (primary N) is 1. The summed E-state index contributed by atoms with van der Waals surface area (Å²) >= 11 is 0. The van der Waals surface area contributed by atoms with Crippen molar-refractivity contribution in [3.63, 3.8) is 0 Å². The molecule has 0 saturated carbocycles. The van der Waals surface area contributed by atoms with E-state index in [1.807, 2.05) is 12.3 Å². The van der Waals surface area contributed by atoms with E-state index >= 15 is 0 Å². The van der Waals surface area contributed by atoms with Gasteiger partial charge in [0.05, 0.1) is 11.6 Å². The number of hydrazine groups is 1. The van der Waals surface area contributed by atoms with Crippen molar-refractivity contribution in [2.75, 3.05) is 6.61 Å². The highest BCUT2D eigenvalue weighted by molar-refractivity contribution is 5.78.